The Morgan fingerprint density at radius 2 is 1.61 bits per heavy atom. The lowest BCUT2D eigenvalue weighted by atomic mass is 9.97. The summed E-state index contributed by atoms with van der Waals surface area (Å²) in [5.41, 5.74) is 0.541. The first kappa shape index (κ1) is 19.2. The molecule has 1 rings (SSSR count). The molecule has 0 spiro atoms. The van der Waals surface area contributed by atoms with E-state index >= 15 is 0 Å². The molecule has 23 heavy (non-hydrogen) atoms. The van der Waals surface area contributed by atoms with Gasteiger partial charge in [-0.25, -0.2) is 9.59 Å². The number of carbonyl (C=O) groups is 2. The predicted molar refractivity (Wildman–Crippen MR) is 90.6 cm³/mol. The first-order valence-electron chi connectivity index (χ1n) is 8.52. The smallest absolute Gasteiger partial charge is 0.339 e. The van der Waals surface area contributed by atoms with Gasteiger partial charge in [0.1, 0.15) is 6.10 Å². The molecule has 0 heterocycles. The van der Waals surface area contributed by atoms with Crippen LogP contribution in [0.25, 0.3) is 0 Å². The maximum Gasteiger partial charge on any atom is 0.339 e. The summed E-state index contributed by atoms with van der Waals surface area (Å²) in [6.07, 6.45) is 3.42. The lowest BCUT2D eigenvalue weighted by Crippen LogP contribution is -2.25. The van der Waals surface area contributed by atoms with E-state index < -0.39 is 11.9 Å². The molecule has 2 unspecified atom stereocenters. The summed E-state index contributed by atoms with van der Waals surface area (Å²) in [5.74, 6) is -0.633. The van der Waals surface area contributed by atoms with Crippen molar-refractivity contribution in [3.05, 3.63) is 35.4 Å². The van der Waals surface area contributed by atoms with E-state index in [1.54, 1.807) is 24.3 Å². The van der Waals surface area contributed by atoms with Gasteiger partial charge in [0.2, 0.25) is 0 Å². The number of ether oxygens (including phenoxy) is 2. The summed E-state index contributed by atoms with van der Waals surface area (Å²) < 4.78 is 10.8. The predicted octanol–water partition coefficient (Wildman–Crippen LogP) is 4.63. The highest BCUT2D eigenvalue weighted by molar-refractivity contribution is 6.03. The minimum Gasteiger partial charge on any atom is -0.462 e. The summed E-state index contributed by atoms with van der Waals surface area (Å²) in [6, 6.07) is 6.66. The zero-order chi connectivity index (χ0) is 17.2. The van der Waals surface area contributed by atoms with Gasteiger partial charge >= 0.3 is 11.9 Å². The molecule has 4 nitrogen and oxygen atoms in total. The van der Waals surface area contributed by atoms with Gasteiger partial charge in [-0.05, 0) is 37.3 Å². The van der Waals surface area contributed by atoms with Crippen molar-refractivity contribution in [3.8, 4) is 0 Å². The van der Waals surface area contributed by atoms with Crippen molar-refractivity contribution in [2.75, 3.05) is 6.61 Å². The molecular weight excluding hydrogens is 292 g/mol. The number of esters is 2. The molecule has 0 N–H and O–H groups in total. The van der Waals surface area contributed by atoms with E-state index in [0.29, 0.717) is 12.5 Å². The molecule has 0 amide bonds. The molecule has 0 bridgehead atoms. The summed E-state index contributed by atoms with van der Waals surface area (Å²) in [5, 5.41) is 0. The van der Waals surface area contributed by atoms with E-state index in [4.69, 9.17) is 9.47 Å². The molecule has 4 heteroatoms. The van der Waals surface area contributed by atoms with Gasteiger partial charge in [-0.15, -0.1) is 0 Å². The van der Waals surface area contributed by atoms with Gasteiger partial charge in [-0.3, -0.25) is 0 Å². The van der Waals surface area contributed by atoms with Crippen LogP contribution in [0.5, 0.6) is 0 Å². The fourth-order valence-electron chi connectivity index (χ4n) is 2.56. The Kier molecular flexibility index (Phi) is 8.38. The number of hydrogen-bond donors (Lipinski definition) is 0. The molecule has 1 aromatic rings. The van der Waals surface area contributed by atoms with Crippen LogP contribution >= 0.6 is 0 Å². The van der Waals surface area contributed by atoms with Crippen LogP contribution in [0, 0.1) is 5.92 Å². The van der Waals surface area contributed by atoms with Crippen molar-refractivity contribution in [1.82, 2.24) is 0 Å². The van der Waals surface area contributed by atoms with E-state index in [2.05, 4.69) is 13.8 Å². The molecule has 0 fully saturated rings. The van der Waals surface area contributed by atoms with Crippen molar-refractivity contribution in [2.45, 2.75) is 59.5 Å². The number of carbonyl (C=O) groups excluding carboxylic acids is 2. The van der Waals surface area contributed by atoms with Gasteiger partial charge in [0.05, 0.1) is 17.7 Å². The minimum absolute atomic E-state index is 0.137. The van der Waals surface area contributed by atoms with Crippen LogP contribution in [0.1, 0.15) is 74.1 Å². The second-order valence-corrected chi connectivity index (χ2v) is 5.80. The van der Waals surface area contributed by atoms with Crippen LogP contribution in [0.15, 0.2) is 24.3 Å². The lowest BCUT2D eigenvalue weighted by molar-refractivity contribution is 0.0132. The largest absolute Gasteiger partial charge is 0.462 e. The van der Waals surface area contributed by atoms with Crippen LogP contribution in [-0.2, 0) is 9.47 Å². The van der Waals surface area contributed by atoms with Crippen LogP contribution in [0.4, 0.5) is 0 Å². The molecule has 0 aliphatic heterocycles. The van der Waals surface area contributed by atoms with Crippen LogP contribution < -0.4 is 0 Å². The Labute approximate surface area is 139 Å². The minimum atomic E-state index is -0.478. The fourth-order valence-corrected chi connectivity index (χ4v) is 2.56. The molecule has 0 aliphatic carbocycles. The van der Waals surface area contributed by atoms with Gasteiger partial charge in [0, 0.05) is 0 Å². The highest BCUT2D eigenvalue weighted by atomic mass is 16.5. The normalized spacial score (nSPS) is 13.2. The zero-order valence-electron chi connectivity index (χ0n) is 14.6. The second-order valence-electron chi connectivity index (χ2n) is 5.80. The zero-order valence-corrected chi connectivity index (χ0v) is 14.6. The third kappa shape index (κ3) is 5.70. The van der Waals surface area contributed by atoms with E-state index in [9.17, 15) is 9.59 Å². The van der Waals surface area contributed by atoms with Gasteiger partial charge in [0.15, 0.2) is 0 Å². The highest BCUT2D eigenvalue weighted by Gasteiger charge is 2.24. The first-order chi connectivity index (χ1) is 11.0. The molecule has 0 aliphatic rings. The standard InChI is InChI=1S/C19H28O4/c1-5-10-14(4)17(7-3)23-19(21)16-12-9-8-11-15(16)18(20)22-13-6-2/h8-9,11-12,14,17H,5-7,10,13H2,1-4H3. The van der Waals surface area contributed by atoms with E-state index in [1.807, 2.05) is 13.8 Å². The van der Waals surface area contributed by atoms with Gasteiger partial charge in [-0.2, -0.15) is 0 Å². The molecule has 1 aromatic carbocycles. The van der Waals surface area contributed by atoms with E-state index in [1.165, 1.54) is 0 Å². The number of rotatable bonds is 9. The molecule has 0 radical (unpaired) electrons. The fraction of sp³-hybridized carbons (Fsp3) is 0.579. The SMILES string of the molecule is CCCOC(=O)c1ccccc1C(=O)OC(CC)C(C)CCC. The van der Waals surface area contributed by atoms with Gasteiger partial charge in [-0.1, -0.05) is 46.2 Å². The Bertz CT molecular complexity index is 510. The summed E-state index contributed by atoms with van der Waals surface area (Å²) in [6.45, 7) is 8.48. The third-order valence-corrected chi connectivity index (χ3v) is 3.84. The monoisotopic (exact) mass is 320 g/mol. The maximum absolute atomic E-state index is 12.5. The maximum atomic E-state index is 12.5. The first-order valence-corrected chi connectivity index (χ1v) is 8.52. The average molecular weight is 320 g/mol. The molecule has 0 saturated carbocycles. The molecule has 0 aromatic heterocycles. The molecular formula is C19H28O4. The Morgan fingerprint density at radius 3 is 2.13 bits per heavy atom. The Hall–Kier alpha value is -1.84. The highest BCUT2D eigenvalue weighted by Crippen LogP contribution is 2.20. The summed E-state index contributed by atoms with van der Waals surface area (Å²) >= 11 is 0. The Balaban J connectivity index is 2.89. The van der Waals surface area contributed by atoms with Crippen molar-refractivity contribution in [2.24, 2.45) is 5.92 Å². The van der Waals surface area contributed by atoms with Crippen LogP contribution in [0.3, 0.4) is 0 Å². The van der Waals surface area contributed by atoms with Gasteiger partial charge in [0.25, 0.3) is 0 Å². The second kappa shape index (κ2) is 10.0. The summed E-state index contributed by atoms with van der Waals surface area (Å²) in [4.78, 5) is 24.6. The lowest BCUT2D eigenvalue weighted by Gasteiger charge is -2.23. The van der Waals surface area contributed by atoms with E-state index in [-0.39, 0.29) is 17.2 Å². The van der Waals surface area contributed by atoms with Crippen molar-refractivity contribution < 1.29 is 19.1 Å². The van der Waals surface area contributed by atoms with Crippen molar-refractivity contribution in [3.63, 3.8) is 0 Å². The number of hydrogen-bond acceptors (Lipinski definition) is 4. The molecule has 128 valence electrons. The average Bonchev–Trinajstić information content (AvgIpc) is 2.57. The van der Waals surface area contributed by atoms with Crippen molar-refractivity contribution in [1.29, 1.82) is 0 Å². The van der Waals surface area contributed by atoms with Gasteiger partial charge < -0.3 is 9.47 Å². The van der Waals surface area contributed by atoms with Crippen LogP contribution in [0.2, 0.25) is 0 Å². The Morgan fingerprint density at radius 1 is 1.00 bits per heavy atom. The third-order valence-electron chi connectivity index (χ3n) is 3.84. The quantitative estimate of drug-likeness (QED) is 0.623. The summed E-state index contributed by atoms with van der Waals surface area (Å²) in [7, 11) is 0. The van der Waals surface area contributed by atoms with E-state index in [0.717, 1.165) is 25.7 Å². The van der Waals surface area contributed by atoms with Crippen LogP contribution in [-0.4, -0.2) is 24.6 Å². The topological polar surface area (TPSA) is 52.6 Å². The number of benzene rings is 1. The van der Waals surface area contributed by atoms with Crippen molar-refractivity contribution >= 4 is 11.9 Å². The molecule has 2 atom stereocenters. The molecule has 0 saturated heterocycles.